The Morgan fingerprint density at radius 1 is 1.15 bits per heavy atom. The fraction of sp³-hybridized carbons (Fsp3) is 0.150. The molecular formula is C20H19ClN4OS. The highest BCUT2D eigenvalue weighted by atomic mass is 35.5. The molecule has 0 aliphatic carbocycles. The Balaban J connectivity index is 1.66. The predicted octanol–water partition coefficient (Wildman–Crippen LogP) is 4.44. The van der Waals surface area contributed by atoms with Gasteiger partial charge in [0.15, 0.2) is 5.16 Å². The standard InChI is InChI=1S/C20H19ClN4OS/c1-2-12-25-18(13-15-8-4-3-5-9-15)23-24-20(25)27-14-19(26)22-17-11-7-6-10-16(17)21/h2-11H,1,12-14H2,(H,22,26). The highest BCUT2D eigenvalue weighted by Gasteiger charge is 2.14. The fourth-order valence-corrected chi connectivity index (χ4v) is 3.48. The molecule has 7 heteroatoms. The van der Waals surface area contributed by atoms with Crippen molar-refractivity contribution in [3.8, 4) is 0 Å². The molecule has 0 saturated carbocycles. The first-order chi connectivity index (χ1) is 13.2. The number of benzene rings is 2. The molecule has 1 N–H and O–H groups in total. The lowest BCUT2D eigenvalue weighted by Crippen LogP contribution is -2.15. The first-order valence-corrected chi connectivity index (χ1v) is 9.78. The van der Waals surface area contributed by atoms with Crippen LogP contribution in [0.2, 0.25) is 5.02 Å². The van der Waals surface area contributed by atoms with Crippen molar-refractivity contribution in [3.05, 3.63) is 83.7 Å². The first-order valence-electron chi connectivity index (χ1n) is 8.41. The van der Waals surface area contributed by atoms with E-state index in [-0.39, 0.29) is 11.7 Å². The zero-order valence-electron chi connectivity index (χ0n) is 14.6. The topological polar surface area (TPSA) is 59.8 Å². The van der Waals surface area contributed by atoms with Crippen LogP contribution in [0.4, 0.5) is 5.69 Å². The number of hydrogen-bond donors (Lipinski definition) is 1. The Bertz CT molecular complexity index is 927. The average molecular weight is 399 g/mol. The molecule has 3 rings (SSSR count). The molecule has 0 bridgehead atoms. The summed E-state index contributed by atoms with van der Waals surface area (Å²) in [6, 6.07) is 17.2. The molecule has 0 atom stereocenters. The quantitative estimate of drug-likeness (QED) is 0.450. The number of carbonyl (C=O) groups is 1. The number of thioether (sulfide) groups is 1. The Kier molecular flexibility index (Phi) is 6.68. The summed E-state index contributed by atoms with van der Waals surface area (Å²) in [6.45, 7) is 4.39. The summed E-state index contributed by atoms with van der Waals surface area (Å²) in [5.41, 5.74) is 1.75. The van der Waals surface area contributed by atoms with Gasteiger partial charge in [0.1, 0.15) is 5.82 Å². The number of halogens is 1. The Morgan fingerprint density at radius 2 is 1.89 bits per heavy atom. The second kappa shape index (κ2) is 9.39. The number of rotatable bonds is 8. The molecule has 0 aliphatic heterocycles. The van der Waals surface area contributed by atoms with Gasteiger partial charge in [-0.3, -0.25) is 4.79 Å². The van der Waals surface area contributed by atoms with Crippen LogP contribution < -0.4 is 5.32 Å². The lowest BCUT2D eigenvalue weighted by molar-refractivity contribution is -0.113. The van der Waals surface area contributed by atoms with Crippen LogP contribution in [0.25, 0.3) is 0 Å². The van der Waals surface area contributed by atoms with Gasteiger partial charge in [-0.2, -0.15) is 0 Å². The van der Waals surface area contributed by atoms with E-state index in [1.54, 1.807) is 18.2 Å². The van der Waals surface area contributed by atoms with Crippen molar-refractivity contribution in [3.63, 3.8) is 0 Å². The Labute approximate surface area is 167 Å². The zero-order valence-corrected chi connectivity index (χ0v) is 16.2. The lowest BCUT2D eigenvalue weighted by Gasteiger charge is -2.09. The number of allylic oxidation sites excluding steroid dienone is 1. The molecule has 0 saturated heterocycles. The molecule has 3 aromatic rings. The van der Waals surface area contributed by atoms with Crippen molar-refractivity contribution < 1.29 is 4.79 Å². The highest BCUT2D eigenvalue weighted by molar-refractivity contribution is 7.99. The maximum atomic E-state index is 12.2. The molecule has 138 valence electrons. The van der Waals surface area contributed by atoms with Crippen LogP contribution in [0.1, 0.15) is 11.4 Å². The minimum atomic E-state index is -0.147. The number of nitrogens with one attached hydrogen (secondary N) is 1. The smallest absolute Gasteiger partial charge is 0.234 e. The van der Waals surface area contributed by atoms with E-state index >= 15 is 0 Å². The summed E-state index contributed by atoms with van der Waals surface area (Å²) in [4.78, 5) is 12.2. The summed E-state index contributed by atoms with van der Waals surface area (Å²) in [7, 11) is 0. The monoisotopic (exact) mass is 398 g/mol. The van der Waals surface area contributed by atoms with Crippen molar-refractivity contribution in [2.24, 2.45) is 0 Å². The molecule has 0 aliphatic rings. The van der Waals surface area contributed by atoms with Gasteiger partial charge in [-0.25, -0.2) is 0 Å². The maximum Gasteiger partial charge on any atom is 0.234 e. The number of para-hydroxylation sites is 1. The van der Waals surface area contributed by atoms with Gasteiger partial charge in [0, 0.05) is 13.0 Å². The van der Waals surface area contributed by atoms with E-state index in [1.807, 2.05) is 34.9 Å². The van der Waals surface area contributed by atoms with Crippen molar-refractivity contribution in [2.45, 2.75) is 18.1 Å². The number of carbonyl (C=O) groups excluding carboxylic acids is 1. The van der Waals surface area contributed by atoms with E-state index in [1.165, 1.54) is 11.8 Å². The van der Waals surface area contributed by atoms with E-state index < -0.39 is 0 Å². The molecule has 27 heavy (non-hydrogen) atoms. The van der Waals surface area contributed by atoms with Crippen molar-refractivity contribution in [1.82, 2.24) is 14.8 Å². The Morgan fingerprint density at radius 3 is 2.63 bits per heavy atom. The molecule has 5 nitrogen and oxygen atoms in total. The van der Waals surface area contributed by atoms with Crippen LogP contribution >= 0.6 is 23.4 Å². The van der Waals surface area contributed by atoms with Crippen LogP contribution in [0, 0.1) is 0 Å². The van der Waals surface area contributed by atoms with Crippen LogP contribution in [-0.2, 0) is 17.8 Å². The number of anilines is 1. The van der Waals surface area contributed by atoms with Gasteiger partial charge in [0.2, 0.25) is 5.91 Å². The van der Waals surface area contributed by atoms with E-state index in [0.717, 1.165) is 11.4 Å². The average Bonchev–Trinajstić information content (AvgIpc) is 3.05. The molecular weight excluding hydrogens is 380 g/mol. The normalized spacial score (nSPS) is 10.6. The van der Waals surface area contributed by atoms with Gasteiger partial charge in [-0.05, 0) is 17.7 Å². The fourth-order valence-electron chi connectivity index (χ4n) is 2.53. The number of aromatic nitrogens is 3. The molecule has 0 radical (unpaired) electrons. The zero-order chi connectivity index (χ0) is 19.1. The Hall–Kier alpha value is -2.57. The summed E-state index contributed by atoms with van der Waals surface area (Å²) < 4.78 is 1.98. The maximum absolute atomic E-state index is 12.2. The van der Waals surface area contributed by atoms with E-state index in [4.69, 9.17) is 11.6 Å². The van der Waals surface area contributed by atoms with Crippen LogP contribution in [0.3, 0.4) is 0 Å². The van der Waals surface area contributed by atoms with Crippen molar-refractivity contribution >= 4 is 35.0 Å². The minimum absolute atomic E-state index is 0.147. The third-order valence-electron chi connectivity index (χ3n) is 3.79. The SMILES string of the molecule is C=CCn1c(Cc2ccccc2)nnc1SCC(=O)Nc1ccccc1Cl. The number of amides is 1. The molecule has 0 fully saturated rings. The second-order valence-corrected chi connectivity index (χ2v) is 7.13. The van der Waals surface area contributed by atoms with Crippen LogP contribution in [0.5, 0.6) is 0 Å². The molecule has 1 aromatic heterocycles. The van der Waals surface area contributed by atoms with Gasteiger partial charge >= 0.3 is 0 Å². The van der Waals surface area contributed by atoms with Gasteiger partial charge < -0.3 is 9.88 Å². The van der Waals surface area contributed by atoms with Gasteiger partial charge in [0.25, 0.3) is 0 Å². The summed E-state index contributed by atoms with van der Waals surface area (Å²) >= 11 is 7.41. The largest absolute Gasteiger partial charge is 0.324 e. The molecule has 0 unspecified atom stereocenters. The number of hydrogen-bond acceptors (Lipinski definition) is 4. The van der Waals surface area contributed by atoms with Gasteiger partial charge in [-0.15, -0.1) is 16.8 Å². The van der Waals surface area contributed by atoms with Crippen LogP contribution in [-0.4, -0.2) is 26.4 Å². The third-order valence-corrected chi connectivity index (χ3v) is 5.09. The van der Waals surface area contributed by atoms with E-state index in [0.29, 0.717) is 28.8 Å². The first kappa shape index (κ1) is 19.2. The van der Waals surface area contributed by atoms with E-state index in [9.17, 15) is 4.79 Å². The predicted molar refractivity (Wildman–Crippen MR) is 110 cm³/mol. The van der Waals surface area contributed by atoms with Gasteiger partial charge in [-0.1, -0.05) is 71.9 Å². The van der Waals surface area contributed by atoms with Crippen molar-refractivity contribution in [2.75, 3.05) is 11.1 Å². The second-order valence-electron chi connectivity index (χ2n) is 5.78. The van der Waals surface area contributed by atoms with Crippen molar-refractivity contribution in [1.29, 1.82) is 0 Å². The van der Waals surface area contributed by atoms with Gasteiger partial charge in [0.05, 0.1) is 16.5 Å². The summed E-state index contributed by atoms with van der Waals surface area (Å²) in [5.74, 6) is 0.909. The highest BCUT2D eigenvalue weighted by Crippen LogP contribution is 2.22. The summed E-state index contributed by atoms with van der Waals surface area (Å²) in [6.07, 6.45) is 2.47. The molecule has 0 spiro atoms. The molecule has 2 aromatic carbocycles. The lowest BCUT2D eigenvalue weighted by atomic mass is 10.1. The summed E-state index contributed by atoms with van der Waals surface area (Å²) in [5, 5.41) is 12.6. The van der Waals surface area contributed by atoms with Crippen LogP contribution in [0.15, 0.2) is 72.4 Å². The molecule has 1 heterocycles. The molecule has 1 amide bonds. The van der Waals surface area contributed by atoms with E-state index in [2.05, 4.69) is 34.2 Å². The third kappa shape index (κ3) is 5.21. The number of nitrogens with zero attached hydrogens (tertiary/aromatic N) is 3. The minimum Gasteiger partial charge on any atom is -0.324 e.